The summed E-state index contributed by atoms with van der Waals surface area (Å²) in [7, 11) is 0. The van der Waals surface area contributed by atoms with Crippen molar-refractivity contribution in [3.05, 3.63) is 46.5 Å². The molecule has 0 aromatic heterocycles. The summed E-state index contributed by atoms with van der Waals surface area (Å²) >= 11 is -5.22. The molecule has 0 unspecified atom stereocenters. The molecule has 0 aliphatic rings. The van der Waals surface area contributed by atoms with E-state index in [1.165, 1.54) is 0 Å². The van der Waals surface area contributed by atoms with Crippen molar-refractivity contribution < 1.29 is 186 Å². The molecule has 0 heterocycles. The summed E-state index contributed by atoms with van der Waals surface area (Å²) in [5.41, 5.74) is -0.129. The van der Waals surface area contributed by atoms with Crippen LogP contribution in [0.15, 0.2) is 24.3 Å². The van der Waals surface area contributed by atoms with E-state index in [0.29, 0.717) is 0 Å². The molecule has 30 nitrogen and oxygen atoms in total. The Morgan fingerprint density at radius 2 is 0.485 bits per heavy atom. The first-order valence-electron chi connectivity index (χ1n) is 17.0. The summed E-state index contributed by atoms with van der Waals surface area (Å²) in [4.78, 5) is 89.1. The first-order chi connectivity index (χ1) is 30.8. The van der Waals surface area contributed by atoms with E-state index in [1.54, 1.807) is 0 Å². The van der Waals surface area contributed by atoms with Crippen LogP contribution in [0.25, 0.3) is 0 Å². The molecule has 2 rings (SSSR count). The Labute approximate surface area is 399 Å². The molecule has 0 saturated heterocycles. The second kappa shape index (κ2) is 35.0. The molecule has 34 heteroatoms. The van der Waals surface area contributed by atoms with Gasteiger partial charge in [0.1, 0.15) is 23.0 Å². The fourth-order valence-electron chi connectivity index (χ4n) is 4.96. The van der Waals surface area contributed by atoms with E-state index in [-0.39, 0.29) is 48.4 Å². The first-order valence-corrected chi connectivity index (χ1v) is 21.5. The number of rotatable bonds is 28. The fraction of sp³-hybridized carbons (Fsp3) is 0.375. The molecule has 0 amide bonds. The topological polar surface area (TPSA) is 502 Å². The van der Waals surface area contributed by atoms with Crippen LogP contribution in [0.2, 0.25) is 0 Å². The molecular formula is C32H32N4O26V4-8. The van der Waals surface area contributed by atoms with Gasteiger partial charge in [-0.2, -0.15) is 0 Å². The van der Waals surface area contributed by atoms with Crippen LogP contribution in [0.5, 0.6) is 23.0 Å². The van der Waals surface area contributed by atoms with Gasteiger partial charge in [0.05, 0.1) is 47.8 Å². The fourth-order valence-corrected chi connectivity index (χ4v) is 5.39. The zero-order valence-corrected chi connectivity index (χ0v) is 38.7. The molecule has 364 valence electrons. The SMILES string of the molecule is O=C([O-])CN(CC(=O)[O-])Cc1cc(O)c(CN(CC(=O)[O-])CC(=O)[O-])cc1O.O=C([O-])CN(CC(=O)[O-])Cc1cc(O)c(CN(CC(=O)[O-])CC(=O)[O-])cc1O.[O]=[V][O][V]=[O].[O]=[V][O][V]=[O]. The van der Waals surface area contributed by atoms with Crippen LogP contribution in [-0.2, 0) is 151 Å². The van der Waals surface area contributed by atoms with E-state index < -0.39 is 189 Å². The van der Waals surface area contributed by atoms with E-state index in [0.717, 1.165) is 43.9 Å². The van der Waals surface area contributed by atoms with Crippen molar-refractivity contribution in [2.24, 2.45) is 0 Å². The van der Waals surface area contributed by atoms with Gasteiger partial charge in [0, 0.05) is 101 Å². The normalized spacial score (nSPS) is 10.2. The number of carbonyl (C=O) groups excluding carboxylic acids is 8. The maximum atomic E-state index is 10.7. The number of hydrogen-bond acceptors (Lipinski definition) is 30. The number of carboxylic acid groups (broad SMARTS) is 8. The number of benzene rings is 2. The molecule has 0 aliphatic heterocycles. The number of carbonyl (C=O) groups is 8. The van der Waals surface area contributed by atoms with Crippen molar-refractivity contribution in [1.29, 1.82) is 0 Å². The average Bonchev–Trinajstić information content (AvgIpc) is 3.15. The number of carboxylic acids is 8. The van der Waals surface area contributed by atoms with Gasteiger partial charge in [0.25, 0.3) is 0 Å². The summed E-state index contributed by atoms with van der Waals surface area (Å²) < 4.78 is 44.7. The van der Waals surface area contributed by atoms with E-state index in [4.69, 9.17) is 0 Å². The molecule has 0 radical (unpaired) electrons. The molecule has 0 bridgehead atoms. The molecule has 2 aromatic carbocycles. The van der Waals surface area contributed by atoms with Gasteiger partial charge in [-0.15, -0.1) is 0 Å². The van der Waals surface area contributed by atoms with Gasteiger partial charge in [-0.1, -0.05) is 0 Å². The molecule has 2 aromatic rings. The van der Waals surface area contributed by atoms with Crippen LogP contribution in [0.1, 0.15) is 22.3 Å². The van der Waals surface area contributed by atoms with Gasteiger partial charge in [-0.05, 0) is 24.3 Å². The minimum absolute atomic E-state index is 0.0323. The van der Waals surface area contributed by atoms with Gasteiger partial charge in [-0.25, -0.2) is 0 Å². The van der Waals surface area contributed by atoms with Crippen LogP contribution in [0.4, 0.5) is 0 Å². The second-order valence-electron chi connectivity index (χ2n) is 12.2. The zero-order valence-electron chi connectivity index (χ0n) is 33.1. The Balaban J connectivity index is 0. The molecular weight excluding hydrogens is 1060 g/mol. The molecule has 0 atom stereocenters. The molecule has 4 N–H and O–H groups in total. The Kier molecular flexibility index (Phi) is 33.3. The van der Waals surface area contributed by atoms with Crippen molar-refractivity contribution in [2.45, 2.75) is 26.2 Å². The summed E-state index contributed by atoms with van der Waals surface area (Å²) in [6.07, 6.45) is 0. The summed E-state index contributed by atoms with van der Waals surface area (Å²) in [5, 5.41) is 126. The van der Waals surface area contributed by atoms with E-state index in [9.17, 15) is 114 Å². The predicted octanol–water partition coefficient (Wildman–Crippen LogP) is -13.2. The van der Waals surface area contributed by atoms with Crippen molar-refractivity contribution in [3.8, 4) is 23.0 Å². The predicted molar refractivity (Wildman–Crippen MR) is 166 cm³/mol. The van der Waals surface area contributed by atoms with Gasteiger partial charge >= 0.3 is 86.2 Å². The average molecular weight is 1090 g/mol. The second-order valence-corrected chi connectivity index (χ2v) is 15.8. The van der Waals surface area contributed by atoms with Gasteiger partial charge in [0.15, 0.2) is 0 Å². The first kappa shape index (κ1) is 62.8. The molecule has 66 heavy (non-hydrogen) atoms. The van der Waals surface area contributed by atoms with Gasteiger partial charge in [0.2, 0.25) is 0 Å². The third kappa shape index (κ3) is 31.6. The summed E-state index contributed by atoms with van der Waals surface area (Å²) in [5.74, 6) is -14.4. The third-order valence-electron chi connectivity index (χ3n) is 7.09. The number of nitrogens with zero attached hydrogens (tertiary/aromatic N) is 4. The Morgan fingerprint density at radius 1 is 0.348 bits per heavy atom. The molecule has 0 spiro atoms. The van der Waals surface area contributed by atoms with Gasteiger partial charge < -0.3 is 99.6 Å². The maximum absolute atomic E-state index is 10.7. The number of phenols is 4. The van der Waals surface area contributed by atoms with E-state index in [2.05, 4.69) is 5.17 Å². The number of hydrogen-bond donors (Lipinski definition) is 4. The van der Waals surface area contributed by atoms with Crippen LogP contribution in [-0.4, -0.2) is 140 Å². The van der Waals surface area contributed by atoms with Crippen LogP contribution in [0.3, 0.4) is 0 Å². The number of phenolic OH excluding ortho intramolecular Hbond substituents is 4. The van der Waals surface area contributed by atoms with Crippen molar-refractivity contribution in [1.82, 2.24) is 19.6 Å². The van der Waals surface area contributed by atoms with E-state index >= 15 is 0 Å². The Morgan fingerprint density at radius 3 is 0.576 bits per heavy atom. The van der Waals surface area contributed by atoms with Crippen LogP contribution >= 0.6 is 0 Å². The number of aliphatic carboxylic acids is 8. The summed E-state index contributed by atoms with van der Waals surface area (Å²) in [6, 6.07) is 4.05. The van der Waals surface area contributed by atoms with Crippen molar-refractivity contribution >= 4 is 47.8 Å². The zero-order chi connectivity index (χ0) is 51.1. The quantitative estimate of drug-likeness (QED) is 0.0575. The monoisotopic (exact) mass is 1090 g/mol. The molecule has 0 fully saturated rings. The summed E-state index contributed by atoms with van der Waals surface area (Å²) in [6.45, 7) is -7.76. The standard InChI is InChI=1S/2C16H20N2O10.6O.4V/c2*19-11-1-9(3-17(5-13(21)22)6-14(23)24)12(20)2-10(11)4-18(7-15(25)26)8-16(27)28;;;;;;;;;;/h2*1-2,19-20H,3-8H2,(H,21,22)(H,23,24)(H,25,26)(H,27,28);;;;;;;;;;/p-8. The third-order valence-corrected chi connectivity index (χ3v) is 9.22. The van der Waals surface area contributed by atoms with Crippen LogP contribution < -0.4 is 40.9 Å². The van der Waals surface area contributed by atoms with Crippen molar-refractivity contribution in [2.75, 3.05) is 52.4 Å². The van der Waals surface area contributed by atoms with E-state index in [1.807, 2.05) is 0 Å². The Bertz CT molecular complexity index is 1700. The van der Waals surface area contributed by atoms with Crippen LogP contribution in [0, 0.1) is 0 Å². The molecule has 0 aliphatic carbocycles. The number of aromatic hydroxyl groups is 4. The Hall–Kier alpha value is -5.30. The molecule has 0 saturated carbocycles. The minimum atomic E-state index is -1.57. The van der Waals surface area contributed by atoms with Gasteiger partial charge in [-0.3, -0.25) is 19.6 Å². The van der Waals surface area contributed by atoms with Crippen molar-refractivity contribution in [3.63, 3.8) is 0 Å².